The SMILES string of the molecule is NC1(CN2CCN(Cc3cccc(F)c3)CC2)CC1. The van der Waals surface area contributed by atoms with E-state index in [9.17, 15) is 4.39 Å². The van der Waals surface area contributed by atoms with Crippen LogP contribution in [0.25, 0.3) is 0 Å². The molecule has 2 N–H and O–H groups in total. The van der Waals surface area contributed by atoms with Crippen molar-refractivity contribution in [2.24, 2.45) is 5.73 Å². The van der Waals surface area contributed by atoms with Crippen LogP contribution in [-0.4, -0.2) is 48.1 Å². The highest BCUT2D eigenvalue weighted by Gasteiger charge is 2.39. The van der Waals surface area contributed by atoms with Crippen LogP contribution in [0.4, 0.5) is 4.39 Å². The van der Waals surface area contributed by atoms with E-state index in [1.807, 2.05) is 6.07 Å². The molecule has 0 amide bonds. The summed E-state index contributed by atoms with van der Waals surface area (Å²) < 4.78 is 13.1. The zero-order valence-electron chi connectivity index (χ0n) is 11.3. The maximum atomic E-state index is 13.1. The van der Waals surface area contributed by atoms with Crippen molar-refractivity contribution in [3.05, 3.63) is 35.6 Å². The molecule has 0 aromatic heterocycles. The highest BCUT2D eigenvalue weighted by atomic mass is 19.1. The van der Waals surface area contributed by atoms with Gasteiger partial charge in [0.05, 0.1) is 0 Å². The average Bonchev–Trinajstić information content (AvgIpc) is 3.10. The topological polar surface area (TPSA) is 32.5 Å². The summed E-state index contributed by atoms with van der Waals surface area (Å²) in [5.41, 5.74) is 7.33. The zero-order chi connectivity index (χ0) is 13.3. The van der Waals surface area contributed by atoms with Gasteiger partial charge in [0.25, 0.3) is 0 Å². The Hall–Kier alpha value is -0.970. The van der Waals surface area contributed by atoms with Gasteiger partial charge < -0.3 is 5.73 Å². The average molecular weight is 263 g/mol. The lowest BCUT2D eigenvalue weighted by molar-refractivity contribution is 0.119. The molecule has 0 unspecified atom stereocenters. The van der Waals surface area contributed by atoms with Crippen LogP contribution in [0.15, 0.2) is 24.3 Å². The molecule has 2 aliphatic rings. The lowest BCUT2D eigenvalue weighted by Crippen LogP contribution is -2.50. The molecule has 3 nitrogen and oxygen atoms in total. The van der Waals surface area contributed by atoms with E-state index < -0.39 is 0 Å². The van der Waals surface area contributed by atoms with Gasteiger partial charge in [-0.3, -0.25) is 9.80 Å². The second-order valence-corrected chi connectivity index (χ2v) is 6.04. The van der Waals surface area contributed by atoms with Crippen LogP contribution >= 0.6 is 0 Å². The van der Waals surface area contributed by atoms with Gasteiger partial charge in [-0.2, -0.15) is 0 Å². The first kappa shape index (κ1) is 13.0. The van der Waals surface area contributed by atoms with E-state index in [1.165, 1.54) is 18.9 Å². The van der Waals surface area contributed by atoms with Crippen molar-refractivity contribution in [1.82, 2.24) is 9.80 Å². The van der Waals surface area contributed by atoms with E-state index in [0.29, 0.717) is 0 Å². The van der Waals surface area contributed by atoms with E-state index in [-0.39, 0.29) is 11.4 Å². The van der Waals surface area contributed by atoms with Crippen LogP contribution in [0.1, 0.15) is 18.4 Å². The number of halogens is 1. The third-order valence-corrected chi connectivity index (χ3v) is 4.19. The molecule has 1 aliphatic heterocycles. The zero-order valence-corrected chi connectivity index (χ0v) is 11.3. The molecule has 0 spiro atoms. The Bertz CT molecular complexity index is 437. The van der Waals surface area contributed by atoms with Crippen molar-refractivity contribution in [3.63, 3.8) is 0 Å². The smallest absolute Gasteiger partial charge is 0.123 e. The molecular formula is C15H22FN3. The summed E-state index contributed by atoms with van der Waals surface area (Å²) in [4.78, 5) is 4.86. The van der Waals surface area contributed by atoms with Gasteiger partial charge >= 0.3 is 0 Å². The standard InChI is InChI=1S/C15H22FN3/c16-14-3-1-2-13(10-14)11-18-6-8-19(9-7-18)12-15(17)4-5-15/h1-3,10H,4-9,11-12,17H2. The van der Waals surface area contributed by atoms with Crippen molar-refractivity contribution in [2.75, 3.05) is 32.7 Å². The first-order valence-electron chi connectivity index (χ1n) is 7.11. The third kappa shape index (κ3) is 3.53. The maximum Gasteiger partial charge on any atom is 0.123 e. The Kier molecular flexibility index (Phi) is 3.56. The van der Waals surface area contributed by atoms with Crippen molar-refractivity contribution < 1.29 is 4.39 Å². The third-order valence-electron chi connectivity index (χ3n) is 4.19. The maximum absolute atomic E-state index is 13.1. The lowest BCUT2D eigenvalue weighted by Gasteiger charge is -2.36. The Balaban J connectivity index is 1.47. The predicted molar refractivity (Wildman–Crippen MR) is 74.3 cm³/mol. The number of hydrogen-bond donors (Lipinski definition) is 1. The van der Waals surface area contributed by atoms with Gasteiger partial charge in [0.1, 0.15) is 5.82 Å². The van der Waals surface area contributed by atoms with Crippen LogP contribution in [-0.2, 0) is 6.54 Å². The Morgan fingerprint density at radius 2 is 1.79 bits per heavy atom. The molecule has 0 atom stereocenters. The second kappa shape index (κ2) is 5.19. The molecule has 2 fully saturated rings. The van der Waals surface area contributed by atoms with E-state index in [2.05, 4.69) is 9.80 Å². The van der Waals surface area contributed by atoms with Crippen LogP contribution < -0.4 is 5.73 Å². The van der Waals surface area contributed by atoms with Crippen LogP contribution in [0.3, 0.4) is 0 Å². The minimum atomic E-state index is -0.144. The quantitative estimate of drug-likeness (QED) is 0.892. The molecular weight excluding hydrogens is 241 g/mol. The van der Waals surface area contributed by atoms with Crippen molar-refractivity contribution in [2.45, 2.75) is 24.9 Å². The first-order valence-corrected chi connectivity index (χ1v) is 7.11. The van der Waals surface area contributed by atoms with Crippen LogP contribution in [0, 0.1) is 5.82 Å². The fraction of sp³-hybridized carbons (Fsp3) is 0.600. The van der Waals surface area contributed by atoms with E-state index >= 15 is 0 Å². The van der Waals surface area contributed by atoms with Crippen molar-refractivity contribution in [3.8, 4) is 0 Å². The molecule has 1 heterocycles. The normalized spacial score (nSPS) is 23.5. The van der Waals surface area contributed by atoms with Gasteiger partial charge in [0.2, 0.25) is 0 Å². The molecule has 4 heteroatoms. The number of hydrogen-bond acceptors (Lipinski definition) is 3. The number of piperazine rings is 1. The molecule has 1 aromatic carbocycles. The molecule has 104 valence electrons. The summed E-state index contributed by atoms with van der Waals surface area (Å²) in [5, 5.41) is 0. The molecule has 0 radical (unpaired) electrons. The lowest BCUT2D eigenvalue weighted by atomic mass is 10.2. The molecule has 1 aliphatic carbocycles. The van der Waals surface area contributed by atoms with Crippen molar-refractivity contribution in [1.29, 1.82) is 0 Å². The predicted octanol–water partition coefficient (Wildman–Crippen LogP) is 1.43. The summed E-state index contributed by atoms with van der Waals surface area (Å²) in [5.74, 6) is -0.144. The summed E-state index contributed by atoms with van der Waals surface area (Å²) in [6, 6.07) is 6.91. The molecule has 0 bridgehead atoms. The monoisotopic (exact) mass is 263 g/mol. The van der Waals surface area contributed by atoms with Gasteiger partial charge in [-0.25, -0.2) is 4.39 Å². The fourth-order valence-corrected chi connectivity index (χ4v) is 2.76. The van der Waals surface area contributed by atoms with Crippen LogP contribution in [0.5, 0.6) is 0 Å². The summed E-state index contributed by atoms with van der Waals surface area (Å²) in [6.45, 7) is 6.14. The molecule has 1 aromatic rings. The van der Waals surface area contributed by atoms with Crippen molar-refractivity contribution >= 4 is 0 Å². The summed E-state index contributed by atoms with van der Waals surface area (Å²) in [6.07, 6.45) is 2.35. The van der Waals surface area contributed by atoms with Crippen LogP contribution in [0.2, 0.25) is 0 Å². The van der Waals surface area contributed by atoms with Gasteiger partial charge in [-0.05, 0) is 30.5 Å². The number of rotatable bonds is 4. The Morgan fingerprint density at radius 1 is 1.11 bits per heavy atom. The molecule has 1 saturated carbocycles. The number of nitrogens with zero attached hydrogens (tertiary/aromatic N) is 2. The van der Waals surface area contributed by atoms with Gasteiger partial charge in [-0.15, -0.1) is 0 Å². The van der Waals surface area contributed by atoms with Gasteiger partial charge in [0.15, 0.2) is 0 Å². The first-order chi connectivity index (χ1) is 9.13. The minimum absolute atomic E-state index is 0.116. The highest BCUT2D eigenvalue weighted by molar-refractivity contribution is 5.16. The van der Waals surface area contributed by atoms with Gasteiger partial charge in [-0.1, -0.05) is 12.1 Å². The Morgan fingerprint density at radius 3 is 2.42 bits per heavy atom. The fourth-order valence-electron chi connectivity index (χ4n) is 2.76. The highest BCUT2D eigenvalue weighted by Crippen LogP contribution is 2.33. The second-order valence-electron chi connectivity index (χ2n) is 6.04. The Labute approximate surface area is 114 Å². The number of benzene rings is 1. The summed E-state index contributed by atoms with van der Waals surface area (Å²) >= 11 is 0. The number of nitrogens with two attached hydrogens (primary N) is 1. The van der Waals surface area contributed by atoms with E-state index in [0.717, 1.165) is 44.8 Å². The van der Waals surface area contributed by atoms with Gasteiger partial charge in [0, 0.05) is 44.8 Å². The molecule has 19 heavy (non-hydrogen) atoms. The molecule has 1 saturated heterocycles. The van der Waals surface area contributed by atoms with E-state index in [4.69, 9.17) is 5.73 Å². The minimum Gasteiger partial charge on any atom is -0.324 e. The summed E-state index contributed by atoms with van der Waals surface area (Å²) in [7, 11) is 0. The van der Waals surface area contributed by atoms with E-state index in [1.54, 1.807) is 12.1 Å². The molecule has 3 rings (SSSR count). The largest absolute Gasteiger partial charge is 0.324 e.